The molecule has 0 saturated heterocycles. The average molecular weight is 623 g/mol. The van der Waals surface area contributed by atoms with Crippen LogP contribution < -0.4 is 5.32 Å². The minimum absolute atomic E-state index is 0.0763. The van der Waals surface area contributed by atoms with Crippen molar-refractivity contribution < 1.29 is 19.8 Å². The zero-order valence-electron chi connectivity index (χ0n) is 26.3. The molecule has 234 valence electrons. The summed E-state index contributed by atoms with van der Waals surface area (Å²) in [5.74, 6) is -1.20. The number of phenols is 1. The molecule has 0 radical (unpaired) electrons. The molecule has 0 aliphatic heterocycles. The van der Waals surface area contributed by atoms with Crippen molar-refractivity contribution in [3.8, 4) is 28.3 Å². The second-order valence-corrected chi connectivity index (χ2v) is 13.0. The Hall–Kier alpha value is -5.89. The summed E-state index contributed by atoms with van der Waals surface area (Å²) in [6.07, 6.45) is 1.86. The number of carbonyl (C=O) groups is 2. The van der Waals surface area contributed by atoms with Crippen LogP contribution in [0.5, 0.6) is 5.75 Å². The van der Waals surface area contributed by atoms with E-state index in [9.17, 15) is 19.8 Å². The Kier molecular flexibility index (Phi) is 7.28. The van der Waals surface area contributed by atoms with Gasteiger partial charge in [0.25, 0.3) is 5.91 Å². The van der Waals surface area contributed by atoms with Crippen molar-refractivity contribution >= 4 is 44.6 Å². The van der Waals surface area contributed by atoms with Gasteiger partial charge >= 0.3 is 5.97 Å². The zero-order chi connectivity index (χ0) is 32.9. The Morgan fingerprint density at radius 3 is 2.38 bits per heavy atom. The highest BCUT2D eigenvalue weighted by Gasteiger charge is 2.24. The molecule has 7 rings (SSSR count). The third-order valence-corrected chi connectivity index (χ3v) is 8.73. The first kappa shape index (κ1) is 29.8. The molecule has 47 heavy (non-hydrogen) atoms. The maximum atomic E-state index is 13.3. The maximum Gasteiger partial charge on any atom is 0.326 e. The van der Waals surface area contributed by atoms with Gasteiger partial charge in [0, 0.05) is 34.6 Å². The molecule has 2 aromatic heterocycles. The van der Waals surface area contributed by atoms with Gasteiger partial charge in [-0.05, 0) is 63.4 Å². The topological polar surface area (TPSA) is 131 Å². The Balaban J connectivity index is 1.17. The quantitative estimate of drug-likeness (QED) is 0.123. The number of nitrogens with zero attached hydrogens (tertiary/aromatic N) is 1. The molecule has 7 aromatic rings. The molecule has 2 heterocycles. The van der Waals surface area contributed by atoms with Crippen LogP contribution in [0.1, 0.15) is 42.3 Å². The van der Waals surface area contributed by atoms with Crippen molar-refractivity contribution in [2.24, 2.45) is 0 Å². The summed E-state index contributed by atoms with van der Waals surface area (Å²) < 4.78 is 0. The fourth-order valence-electron chi connectivity index (χ4n) is 6.15. The Morgan fingerprint density at radius 2 is 1.62 bits per heavy atom. The first-order valence-corrected chi connectivity index (χ1v) is 15.5. The van der Waals surface area contributed by atoms with E-state index >= 15 is 0 Å². The van der Waals surface area contributed by atoms with E-state index in [4.69, 9.17) is 4.98 Å². The molecule has 0 spiro atoms. The minimum atomic E-state index is -1.16. The molecule has 0 aliphatic rings. The number of amides is 1. The summed E-state index contributed by atoms with van der Waals surface area (Å²) in [7, 11) is 0. The SMILES string of the molecule is CC(C)(C)c1ccc(-c2cccc(-c3nc4c(ccc5cc(C(=O)N[C@@H](Cc6c[nH]c7ccccc67)C(=O)O)cc(O)c54)[nH]3)c2)cc1. The van der Waals surface area contributed by atoms with Crippen LogP contribution in [0.4, 0.5) is 0 Å². The lowest BCUT2D eigenvalue weighted by Gasteiger charge is -2.19. The van der Waals surface area contributed by atoms with Gasteiger partial charge < -0.3 is 25.5 Å². The first-order valence-electron chi connectivity index (χ1n) is 15.5. The van der Waals surface area contributed by atoms with Gasteiger partial charge in [-0.2, -0.15) is 0 Å². The van der Waals surface area contributed by atoms with Crippen LogP contribution >= 0.6 is 0 Å². The van der Waals surface area contributed by atoms with Crippen LogP contribution in [0.3, 0.4) is 0 Å². The Bertz CT molecular complexity index is 2310. The van der Waals surface area contributed by atoms with E-state index in [0.717, 1.165) is 38.7 Å². The van der Waals surface area contributed by atoms with Gasteiger partial charge in [-0.3, -0.25) is 4.79 Å². The monoisotopic (exact) mass is 622 g/mol. The summed E-state index contributed by atoms with van der Waals surface area (Å²) in [5.41, 5.74) is 7.57. The summed E-state index contributed by atoms with van der Waals surface area (Å²) in [4.78, 5) is 36.8. The third kappa shape index (κ3) is 5.70. The minimum Gasteiger partial charge on any atom is -0.507 e. The van der Waals surface area contributed by atoms with Gasteiger partial charge in [-0.1, -0.05) is 87.5 Å². The van der Waals surface area contributed by atoms with E-state index in [-0.39, 0.29) is 23.1 Å². The number of phenolic OH excluding ortho intramolecular Hbond substituents is 1. The van der Waals surface area contributed by atoms with Crippen molar-refractivity contribution in [2.75, 3.05) is 0 Å². The van der Waals surface area contributed by atoms with Crippen molar-refractivity contribution in [1.29, 1.82) is 0 Å². The largest absolute Gasteiger partial charge is 0.507 e. The molecule has 5 N–H and O–H groups in total. The van der Waals surface area contributed by atoms with Gasteiger partial charge in [0.1, 0.15) is 23.1 Å². The fraction of sp³-hybridized carbons (Fsp3) is 0.154. The molecule has 0 bridgehead atoms. The Labute approximate surface area is 271 Å². The highest BCUT2D eigenvalue weighted by molar-refractivity contribution is 6.11. The highest BCUT2D eigenvalue weighted by atomic mass is 16.4. The second kappa shape index (κ2) is 11.5. The number of H-pyrrole nitrogens is 2. The summed E-state index contributed by atoms with van der Waals surface area (Å²) in [6.45, 7) is 6.59. The van der Waals surface area contributed by atoms with Gasteiger partial charge in [0.15, 0.2) is 0 Å². The fourth-order valence-corrected chi connectivity index (χ4v) is 6.15. The van der Waals surface area contributed by atoms with Crippen LogP contribution in [0.15, 0.2) is 103 Å². The molecule has 8 heteroatoms. The van der Waals surface area contributed by atoms with E-state index in [2.05, 4.69) is 72.5 Å². The maximum absolute atomic E-state index is 13.3. The molecule has 5 aromatic carbocycles. The van der Waals surface area contributed by atoms with Gasteiger partial charge in [-0.25, -0.2) is 9.78 Å². The number of fused-ring (bicyclic) bond motifs is 4. The van der Waals surface area contributed by atoms with Gasteiger partial charge in [-0.15, -0.1) is 0 Å². The lowest BCUT2D eigenvalue weighted by Crippen LogP contribution is -2.42. The number of hydrogen-bond acceptors (Lipinski definition) is 4. The standard InChI is InChI=1S/C39H34N4O4/c1-39(2,3)28-14-11-22(12-15-28)23-7-6-8-25(17-23)36-41-31-16-13-24-18-26(20-33(44)34(24)35(31)43-36)37(45)42-32(38(46)47)19-27-21-40-30-10-5-4-9-29(27)30/h4-18,20-21,32,40,44H,19H2,1-3H3,(H,41,43)(H,42,45)(H,46,47)/t32-/m0/s1. The number of para-hydroxylation sites is 1. The number of aliphatic carboxylic acids is 1. The van der Waals surface area contributed by atoms with Crippen LogP contribution in [0.2, 0.25) is 0 Å². The number of rotatable bonds is 7. The zero-order valence-corrected chi connectivity index (χ0v) is 26.3. The van der Waals surface area contributed by atoms with Crippen LogP contribution in [-0.2, 0) is 16.6 Å². The molecular weight excluding hydrogens is 588 g/mol. The van der Waals surface area contributed by atoms with E-state index < -0.39 is 17.9 Å². The smallest absolute Gasteiger partial charge is 0.326 e. The number of imidazole rings is 1. The number of carbonyl (C=O) groups excluding carboxylic acids is 1. The lowest BCUT2D eigenvalue weighted by molar-refractivity contribution is -0.139. The van der Waals surface area contributed by atoms with E-state index in [1.807, 2.05) is 48.5 Å². The predicted octanol–water partition coefficient (Wildman–Crippen LogP) is 7.96. The summed E-state index contributed by atoms with van der Waals surface area (Å²) in [5, 5.41) is 25.7. The number of hydrogen-bond donors (Lipinski definition) is 5. The van der Waals surface area contributed by atoms with Crippen molar-refractivity contribution in [3.05, 3.63) is 120 Å². The number of nitrogens with one attached hydrogen (secondary N) is 3. The normalized spacial score (nSPS) is 12.5. The Morgan fingerprint density at radius 1 is 0.851 bits per heavy atom. The molecular formula is C39H34N4O4. The number of aromatic nitrogens is 3. The van der Waals surface area contributed by atoms with E-state index in [1.165, 1.54) is 11.6 Å². The van der Waals surface area contributed by atoms with Gasteiger partial charge in [0.2, 0.25) is 0 Å². The summed E-state index contributed by atoms with van der Waals surface area (Å²) >= 11 is 0. The molecule has 1 atom stereocenters. The predicted molar refractivity (Wildman–Crippen MR) is 186 cm³/mol. The molecule has 0 unspecified atom stereocenters. The van der Waals surface area contributed by atoms with Crippen LogP contribution in [0, 0.1) is 0 Å². The molecule has 0 saturated carbocycles. The first-order chi connectivity index (χ1) is 22.5. The van der Waals surface area contributed by atoms with Crippen molar-refractivity contribution in [1.82, 2.24) is 20.3 Å². The molecule has 8 nitrogen and oxygen atoms in total. The van der Waals surface area contributed by atoms with Gasteiger partial charge in [0.05, 0.1) is 10.9 Å². The molecule has 0 fully saturated rings. The lowest BCUT2D eigenvalue weighted by atomic mass is 9.86. The number of benzene rings is 5. The number of carboxylic acids is 1. The highest BCUT2D eigenvalue weighted by Crippen LogP contribution is 2.35. The van der Waals surface area contributed by atoms with Crippen LogP contribution in [0.25, 0.3) is 55.2 Å². The average Bonchev–Trinajstić information content (AvgIpc) is 3.68. The second-order valence-electron chi connectivity index (χ2n) is 13.0. The van der Waals surface area contributed by atoms with E-state index in [1.54, 1.807) is 12.3 Å². The molecule has 1 amide bonds. The summed E-state index contributed by atoms with van der Waals surface area (Å²) in [6, 6.07) is 29.9. The molecule has 0 aliphatic carbocycles. The number of carboxylic acid groups (broad SMARTS) is 1. The van der Waals surface area contributed by atoms with Crippen molar-refractivity contribution in [3.63, 3.8) is 0 Å². The van der Waals surface area contributed by atoms with Crippen LogP contribution in [-0.4, -0.2) is 43.1 Å². The van der Waals surface area contributed by atoms with E-state index in [0.29, 0.717) is 22.1 Å². The van der Waals surface area contributed by atoms with Crippen molar-refractivity contribution in [2.45, 2.75) is 38.6 Å². The number of aromatic amines is 2. The third-order valence-electron chi connectivity index (χ3n) is 8.73. The number of aromatic hydroxyl groups is 1.